The summed E-state index contributed by atoms with van der Waals surface area (Å²) in [6, 6.07) is 4.82. The minimum absolute atomic E-state index is 0.0210. The highest BCUT2D eigenvalue weighted by Crippen LogP contribution is 2.35. The Morgan fingerprint density at radius 3 is 2.59 bits per heavy atom. The zero-order valence-corrected chi connectivity index (χ0v) is 11.3. The lowest BCUT2D eigenvalue weighted by atomic mass is 9.95. The van der Waals surface area contributed by atoms with Gasteiger partial charge in [-0.05, 0) is 24.1 Å². The summed E-state index contributed by atoms with van der Waals surface area (Å²) in [6.45, 7) is 0. The largest absolute Gasteiger partial charge is 0.388 e. The van der Waals surface area contributed by atoms with Gasteiger partial charge in [-0.1, -0.05) is 29.3 Å². The van der Waals surface area contributed by atoms with E-state index in [2.05, 4.69) is 0 Å². The number of hydrogen-bond acceptors (Lipinski definition) is 3. The SMILES string of the molecule is O=S1(=O)CCC(C(O)c2ccc(Cl)cc2Cl)C1. The maximum absolute atomic E-state index is 11.4. The minimum atomic E-state index is -3.00. The van der Waals surface area contributed by atoms with Crippen LogP contribution in [0.2, 0.25) is 10.0 Å². The Morgan fingerprint density at radius 1 is 1.35 bits per heavy atom. The van der Waals surface area contributed by atoms with Gasteiger partial charge in [0.2, 0.25) is 0 Å². The molecule has 1 aromatic rings. The fraction of sp³-hybridized carbons (Fsp3) is 0.455. The van der Waals surface area contributed by atoms with Gasteiger partial charge in [0.1, 0.15) is 0 Å². The minimum Gasteiger partial charge on any atom is -0.388 e. The number of halogens is 2. The molecule has 0 aliphatic carbocycles. The molecule has 1 fully saturated rings. The fourth-order valence-electron chi connectivity index (χ4n) is 2.07. The molecule has 6 heteroatoms. The van der Waals surface area contributed by atoms with Crippen LogP contribution in [0.3, 0.4) is 0 Å². The molecule has 0 aromatic heterocycles. The summed E-state index contributed by atoms with van der Waals surface area (Å²) in [5.74, 6) is -0.119. The topological polar surface area (TPSA) is 54.4 Å². The number of sulfone groups is 1. The van der Waals surface area contributed by atoms with Gasteiger partial charge in [0.25, 0.3) is 0 Å². The van der Waals surface area contributed by atoms with Gasteiger partial charge >= 0.3 is 0 Å². The number of aliphatic hydroxyl groups is 1. The molecule has 0 amide bonds. The Labute approximate surface area is 110 Å². The molecule has 1 aliphatic heterocycles. The van der Waals surface area contributed by atoms with E-state index in [0.29, 0.717) is 22.0 Å². The van der Waals surface area contributed by atoms with Gasteiger partial charge in [-0.3, -0.25) is 0 Å². The lowest BCUT2D eigenvalue weighted by Gasteiger charge is -2.18. The zero-order valence-electron chi connectivity index (χ0n) is 8.94. The van der Waals surface area contributed by atoms with Crippen molar-refractivity contribution >= 4 is 33.0 Å². The van der Waals surface area contributed by atoms with Crippen LogP contribution in [0.15, 0.2) is 18.2 Å². The molecule has 3 nitrogen and oxygen atoms in total. The van der Waals surface area contributed by atoms with E-state index in [0.717, 1.165) is 0 Å². The average Bonchev–Trinajstić information content (AvgIpc) is 2.58. The van der Waals surface area contributed by atoms with Crippen molar-refractivity contribution < 1.29 is 13.5 Å². The smallest absolute Gasteiger partial charge is 0.150 e. The van der Waals surface area contributed by atoms with Crippen LogP contribution >= 0.6 is 23.2 Å². The molecule has 1 aliphatic rings. The molecular formula is C11H12Cl2O3S. The fourth-order valence-corrected chi connectivity index (χ4v) is 4.42. The third kappa shape index (κ3) is 2.94. The molecule has 0 bridgehead atoms. The van der Waals surface area contributed by atoms with Gasteiger partial charge in [0.15, 0.2) is 9.84 Å². The molecule has 1 N–H and O–H groups in total. The first kappa shape index (κ1) is 13.1. The average molecular weight is 295 g/mol. The van der Waals surface area contributed by atoms with Gasteiger partial charge in [0, 0.05) is 16.0 Å². The van der Waals surface area contributed by atoms with E-state index in [1.54, 1.807) is 18.2 Å². The first-order chi connectivity index (χ1) is 7.89. The molecule has 17 heavy (non-hydrogen) atoms. The molecule has 0 radical (unpaired) electrons. The maximum atomic E-state index is 11.4. The Kier molecular flexibility index (Phi) is 3.69. The van der Waals surface area contributed by atoms with Crippen molar-refractivity contribution in [3.05, 3.63) is 33.8 Å². The number of hydrogen-bond donors (Lipinski definition) is 1. The van der Waals surface area contributed by atoms with Crippen LogP contribution in [-0.4, -0.2) is 25.0 Å². The second kappa shape index (κ2) is 4.76. The van der Waals surface area contributed by atoms with Gasteiger partial charge in [0.05, 0.1) is 17.6 Å². The lowest BCUT2D eigenvalue weighted by Crippen LogP contribution is -2.14. The first-order valence-corrected chi connectivity index (χ1v) is 7.80. The Balaban J connectivity index is 2.23. The van der Waals surface area contributed by atoms with Crippen molar-refractivity contribution in [2.45, 2.75) is 12.5 Å². The Hall–Kier alpha value is -0.290. The van der Waals surface area contributed by atoms with Crippen molar-refractivity contribution in [1.82, 2.24) is 0 Å². The molecule has 94 valence electrons. The third-order valence-corrected chi connectivity index (χ3v) is 5.35. The van der Waals surface area contributed by atoms with E-state index in [1.165, 1.54) is 0 Å². The monoisotopic (exact) mass is 294 g/mol. The van der Waals surface area contributed by atoms with Crippen LogP contribution in [0.1, 0.15) is 18.1 Å². The van der Waals surface area contributed by atoms with Gasteiger partial charge in [-0.25, -0.2) is 8.42 Å². The van der Waals surface area contributed by atoms with Crippen molar-refractivity contribution in [1.29, 1.82) is 0 Å². The van der Waals surface area contributed by atoms with Crippen LogP contribution in [0, 0.1) is 5.92 Å². The van der Waals surface area contributed by atoms with Crippen molar-refractivity contribution in [3.63, 3.8) is 0 Å². The molecule has 1 aromatic carbocycles. The third-order valence-electron chi connectivity index (χ3n) is 3.00. The quantitative estimate of drug-likeness (QED) is 0.912. The highest BCUT2D eigenvalue weighted by Gasteiger charge is 2.34. The van der Waals surface area contributed by atoms with Gasteiger partial charge < -0.3 is 5.11 Å². The normalized spacial score (nSPS) is 24.8. The second-order valence-corrected chi connectivity index (χ2v) is 7.35. The zero-order chi connectivity index (χ0) is 12.6. The summed E-state index contributed by atoms with van der Waals surface area (Å²) >= 11 is 11.7. The Bertz CT molecular complexity index is 528. The number of benzene rings is 1. The Morgan fingerprint density at radius 2 is 2.06 bits per heavy atom. The van der Waals surface area contributed by atoms with E-state index in [9.17, 15) is 13.5 Å². The molecular weight excluding hydrogens is 283 g/mol. The lowest BCUT2D eigenvalue weighted by molar-refractivity contribution is 0.121. The van der Waals surface area contributed by atoms with Gasteiger partial charge in [-0.2, -0.15) is 0 Å². The highest BCUT2D eigenvalue weighted by atomic mass is 35.5. The first-order valence-electron chi connectivity index (χ1n) is 5.22. The van der Waals surface area contributed by atoms with E-state index >= 15 is 0 Å². The molecule has 2 rings (SSSR count). The van der Waals surface area contributed by atoms with Crippen LogP contribution in [0.4, 0.5) is 0 Å². The van der Waals surface area contributed by atoms with E-state index in [-0.39, 0.29) is 17.4 Å². The summed E-state index contributed by atoms with van der Waals surface area (Å²) < 4.78 is 22.7. The van der Waals surface area contributed by atoms with Crippen molar-refractivity contribution in [3.8, 4) is 0 Å². The van der Waals surface area contributed by atoms with Crippen LogP contribution < -0.4 is 0 Å². The van der Waals surface area contributed by atoms with Crippen molar-refractivity contribution in [2.75, 3.05) is 11.5 Å². The predicted molar refractivity (Wildman–Crippen MR) is 68.2 cm³/mol. The molecule has 0 spiro atoms. The van der Waals surface area contributed by atoms with Crippen LogP contribution in [0.5, 0.6) is 0 Å². The molecule has 1 heterocycles. The highest BCUT2D eigenvalue weighted by molar-refractivity contribution is 7.91. The molecule has 2 atom stereocenters. The van der Waals surface area contributed by atoms with Gasteiger partial charge in [-0.15, -0.1) is 0 Å². The van der Waals surface area contributed by atoms with E-state index in [1.807, 2.05) is 0 Å². The van der Waals surface area contributed by atoms with E-state index < -0.39 is 15.9 Å². The van der Waals surface area contributed by atoms with Crippen LogP contribution in [-0.2, 0) is 9.84 Å². The van der Waals surface area contributed by atoms with Crippen molar-refractivity contribution in [2.24, 2.45) is 5.92 Å². The molecule has 1 saturated heterocycles. The second-order valence-electron chi connectivity index (χ2n) is 4.27. The summed E-state index contributed by atoms with van der Waals surface area (Å²) in [6.07, 6.45) is -0.375. The van der Waals surface area contributed by atoms with E-state index in [4.69, 9.17) is 23.2 Å². The molecule has 2 unspecified atom stereocenters. The summed E-state index contributed by atoms with van der Waals surface area (Å²) in [5, 5.41) is 11.0. The number of rotatable bonds is 2. The summed E-state index contributed by atoms with van der Waals surface area (Å²) in [4.78, 5) is 0. The predicted octanol–water partition coefficient (Wildman–Crippen LogP) is 2.46. The number of aliphatic hydroxyl groups excluding tert-OH is 1. The summed E-state index contributed by atoms with van der Waals surface area (Å²) in [7, 11) is -3.00. The summed E-state index contributed by atoms with van der Waals surface area (Å²) in [5.41, 5.74) is 0.540. The van der Waals surface area contributed by atoms with Crippen LogP contribution in [0.25, 0.3) is 0 Å². The maximum Gasteiger partial charge on any atom is 0.150 e. The standard InChI is InChI=1S/C11H12Cl2O3S/c12-8-1-2-9(10(13)5-8)11(14)7-3-4-17(15,16)6-7/h1-2,5,7,11,14H,3-4,6H2. The molecule has 0 saturated carbocycles.